The van der Waals surface area contributed by atoms with Gasteiger partial charge in [0.2, 0.25) is 0 Å². The van der Waals surface area contributed by atoms with Gasteiger partial charge in [-0.2, -0.15) is 0 Å². The maximum Gasteiger partial charge on any atom is 0.415 e. The van der Waals surface area contributed by atoms with Crippen LogP contribution in [0.2, 0.25) is 0 Å². The van der Waals surface area contributed by atoms with Gasteiger partial charge in [-0.3, -0.25) is 4.90 Å². The van der Waals surface area contributed by atoms with Crippen LogP contribution in [0.15, 0.2) is 12.1 Å². The van der Waals surface area contributed by atoms with Crippen LogP contribution in [0.3, 0.4) is 0 Å². The average Bonchev–Trinajstić information content (AvgIpc) is 2.49. The highest BCUT2D eigenvalue weighted by atomic mass is 16.6. The number of amides is 1. The number of hydrogen-bond acceptors (Lipinski definition) is 4. The minimum atomic E-state index is -0.359. The first kappa shape index (κ1) is 8.80. The molecule has 1 amide bonds. The molecule has 74 valence electrons. The number of rotatable bonds is 1. The van der Waals surface area contributed by atoms with Gasteiger partial charge >= 0.3 is 6.09 Å². The van der Waals surface area contributed by atoms with E-state index in [-0.39, 0.29) is 6.09 Å². The molecule has 1 aliphatic rings. The molecule has 1 aliphatic heterocycles. The van der Waals surface area contributed by atoms with Gasteiger partial charge in [-0.15, -0.1) is 0 Å². The van der Waals surface area contributed by atoms with Crippen molar-refractivity contribution in [3.05, 3.63) is 17.8 Å². The van der Waals surface area contributed by atoms with Gasteiger partial charge in [0.25, 0.3) is 0 Å². The van der Waals surface area contributed by atoms with E-state index in [0.717, 1.165) is 5.69 Å². The Labute approximate surface area is 81.5 Å². The number of aryl methyl sites for hydroxylation is 1. The molecule has 2 rings (SSSR count). The second-order valence-corrected chi connectivity index (χ2v) is 3.17. The van der Waals surface area contributed by atoms with Crippen LogP contribution in [-0.2, 0) is 4.74 Å². The highest BCUT2D eigenvalue weighted by Crippen LogP contribution is 2.19. The SMILES string of the molecule is Cc1cc(N)cc(N2CCOC2=O)n1. The molecule has 0 unspecified atom stereocenters. The summed E-state index contributed by atoms with van der Waals surface area (Å²) in [5, 5.41) is 0. The van der Waals surface area contributed by atoms with Crippen molar-refractivity contribution in [3.63, 3.8) is 0 Å². The molecule has 14 heavy (non-hydrogen) atoms. The second-order valence-electron chi connectivity index (χ2n) is 3.17. The van der Waals surface area contributed by atoms with E-state index in [1.807, 2.05) is 6.92 Å². The van der Waals surface area contributed by atoms with Crippen molar-refractivity contribution < 1.29 is 9.53 Å². The van der Waals surface area contributed by atoms with Gasteiger partial charge < -0.3 is 10.5 Å². The number of hydrogen-bond donors (Lipinski definition) is 1. The molecule has 0 aliphatic carbocycles. The summed E-state index contributed by atoms with van der Waals surface area (Å²) in [5.74, 6) is 0.560. The predicted octanol–water partition coefficient (Wildman–Crippen LogP) is 0.929. The number of ether oxygens (including phenoxy) is 1. The molecule has 0 aromatic carbocycles. The number of anilines is 2. The van der Waals surface area contributed by atoms with Crippen molar-refractivity contribution in [1.82, 2.24) is 4.98 Å². The largest absolute Gasteiger partial charge is 0.447 e. The summed E-state index contributed by atoms with van der Waals surface area (Å²) in [6.45, 7) is 2.78. The number of nitrogens with two attached hydrogens (primary N) is 1. The molecule has 0 atom stereocenters. The fraction of sp³-hybridized carbons (Fsp3) is 0.333. The Morgan fingerprint density at radius 3 is 2.93 bits per heavy atom. The molecule has 5 nitrogen and oxygen atoms in total. The van der Waals surface area contributed by atoms with Crippen molar-refractivity contribution in [2.45, 2.75) is 6.92 Å². The van der Waals surface area contributed by atoms with Crippen molar-refractivity contribution >= 4 is 17.6 Å². The summed E-state index contributed by atoms with van der Waals surface area (Å²) < 4.78 is 4.81. The number of pyridine rings is 1. The Morgan fingerprint density at radius 1 is 1.57 bits per heavy atom. The van der Waals surface area contributed by atoms with Gasteiger partial charge in [0.1, 0.15) is 12.4 Å². The quantitative estimate of drug-likeness (QED) is 0.720. The van der Waals surface area contributed by atoms with Crippen LogP contribution in [0.5, 0.6) is 0 Å². The van der Waals surface area contributed by atoms with Crippen LogP contribution in [0.25, 0.3) is 0 Å². The molecular weight excluding hydrogens is 182 g/mol. The molecule has 1 aromatic rings. The van der Waals surface area contributed by atoms with E-state index in [4.69, 9.17) is 10.5 Å². The zero-order valence-electron chi connectivity index (χ0n) is 7.86. The topological polar surface area (TPSA) is 68.4 Å². The number of nitrogens with zero attached hydrogens (tertiary/aromatic N) is 2. The molecule has 0 spiro atoms. The maximum atomic E-state index is 11.2. The summed E-state index contributed by atoms with van der Waals surface area (Å²) >= 11 is 0. The van der Waals surface area contributed by atoms with Crippen LogP contribution in [0.4, 0.5) is 16.3 Å². The molecular formula is C9H11N3O2. The molecule has 2 heterocycles. The Balaban J connectivity index is 2.35. The molecule has 2 N–H and O–H groups in total. The number of aromatic nitrogens is 1. The Bertz CT molecular complexity index is 358. The Morgan fingerprint density at radius 2 is 2.36 bits per heavy atom. The molecule has 0 saturated carbocycles. The van der Waals surface area contributed by atoms with E-state index in [2.05, 4.69) is 4.98 Å². The van der Waals surface area contributed by atoms with Gasteiger partial charge in [0.05, 0.1) is 6.54 Å². The fourth-order valence-electron chi connectivity index (χ4n) is 1.42. The lowest BCUT2D eigenvalue weighted by Gasteiger charge is -2.12. The molecule has 5 heteroatoms. The lowest BCUT2D eigenvalue weighted by atomic mass is 10.3. The number of nitrogen functional groups attached to an aromatic ring is 1. The van der Waals surface area contributed by atoms with Gasteiger partial charge in [-0.25, -0.2) is 9.78 Å². The number of carbonyl (C=O) groups is 1. The highest BCUT2D eigenvalue weighted by Gasteiger charge is 2.24. The average molecular weight is 193 g/mol. The van der Waals surface area contributed by atoms with E-state index in [1.165, 1.54) is 4.90 Å². The summed E-state index contributed by atoms with van der Waals surface area (Å²) in [6, 6.07) is 3.42. The van der Waals surface area contributed by atoms with Crippen LogP contribution >= 0.6 is 0 Å². The van der Waals surface area contributed by atoms with E-state index < -0.39 is 0 Å². The molecule has 1 saturated heterocycles. The van der Waals surface area contributed by atoms with Crippen molar-refractivity contribution in [3.8, 4) is 0 Å². The predicted molar refractivity (Wildman–Crippen MR) is 52.1 cm³/mol. The van der Waals surface area contributed by atoms with Gasteiger partial charge in [0, 0.05) is 17.4 Å². The van der Waals surface area contributed by atoms with E-state index in [0.29, 0.717) is 24.7 Å². The van der Waals surface area contributed by atoms with Gasteiger partial charge in [-0.1, -0.05) is 0 Å². The zero-order valence-corrected chi connectivity index (χ0v) is 7.86. The number of carbonyl (C=O) groups excluding carboxylic acids is 1. The third-order valence-electron chi connectivity index (χ3n) is 2.00. The summed E-state index contributed by atoms with van der Waals surface area (Å²) in [5.41, 5.74) is 7.05. The first-order valence-corrected chi connectivity index (χ1v) is 4.35. The van der Waals surface area contributed by atoms with Gasteiger partial charge in [0.15, 0.2) is 0 Å². The van der Waals surface area contributed by atoms with Crippen molar-refractivity contribution in [2.75, 3.05) is 23.8 Å². The monoisotopic (exact) mass is 193 g/mol. The first-order valence-electron chi connectivity index (χ1n) is 4.35. The highest BCUT2D eigenvalue weighted by molar-refractivity contribution is 5.88. The Kier molecular flexibility index (Phi) is 1.99. The third-order valence-corrected chi connectivity index (χ3v) is 2.00. The zero-order chi connectivity index (χ0) is 10.1. The maximum absolute atomic E-state index is 11.2. The van der Waals surface area contributed by atoms with E-state index in [1.54, 1.807) is 12.1 Å². The van der Waals surface area contributed by atoms with Crippen LogP contribution in [-0.4, -0.2) is 24.2 Å². The lowest BCUT2D eigenvalue weighted by Crippen LogP contribution is -2.24. The summed E-state index contributed by atoms with van der Waals surface area (Å²) in [4.78, 5) is 16.9. The number of cyclic esters (lactones) is 1. The minimum absolute atomic E-state index is 0.359. The van der Waals surface area contributed by atoms with E-state index in [9.17, 15) is 4.79 Å². The van der Waals surface area contributed by atoms with Crippen LogP contribution < -0.4 is 10.6 Å². The standard InChI is InChI=1S/C9H11N3O2/c1-6-4-7(10)5-8(11-6)12-2-3-14-9(12)13/h4-5H,2-3H2,1H3,(H2,10,11). The van der Waals surface area contributed by atoms with Crippen molar-refractivity contribution in [1.29, 1.82) is 0 Å². The fourth-order valence-corrected chi connectivity index (χ4v) is 1.42. The smallest absolute Gasteiger partial charge is 0.415 e. The molecule has 1 fully saturated rings. The molecule has 0 radical (unpaired) electrons. The summed E-state index contributed by atoms with van der Waals surface area (Å²) in [6.07, 6.45) is -0.359. The Hall–Kier alpha value is -1.78. The molecule has 0 bridgehead atoms. The van der Waals surface area contributed by atoms with Crippen molar-refractivity contribution in [2.24, 2.45) is 0 Å². The van der Waals surface area contributed by atoms with Crippen LogP contribution in [0, 0.1) is 6.92 Å². The lowest BCUT2D eigenvalue weighted by molar-refractivity contribution is 0.181. The summed E-state index contributed by atoms with van der Waals surface area (Å²) in [7, 11) is 0. The second kappa shape index (κ2) is 3.17. The minimum Gasteiger partial charge on any atom is -0.447 e. The first-order chi connectivity index (χ1) is 6.66. The normalized spacial score (nSPS) is 15.8. The van der Waals surface area contributed by atoms with Crippen LogP contribution in [0.1, 0.15) is 5.69 Å². The molecule has 1 aromatic heterocycles. The van der Waals surface area contributed by atoms with Gasteiger partial charge in [-0.05, 0) is 13.0 Å². The third kappa shape index (κ3) is 1.48. The van der Waals surface area contributed by atoms with E-state index >= 15 is 0 Å².